The first-order chi connectivity index (χ1) is 8.18. The Bertz CT molecular complexity index is 238. The number of hydrogen-bond donors (Lipinski definition) is 1. The van der Waals surface area contributed by atoms with E-state index in [0.29, 0.717) is 6.61 Å². The zero-order valence-electron chi connectivity index (χ0n) is 11.6. The van der Waals surface area contributed by atoms with Crippen LogP contribution in [0.2, 0.25) is 0 Å². The summed E-state index contributed by atoms with van der Waals surface area (Å²) >= 11 is 0. The third kappa shape index (κ3) is 4.30. The van der Waals surface area contributed by atoms with Gasteiger partial charge in [-0.05, 0) is 45.1 Å². The topological polar surface area (TPSA) is 38.3 Å². The molecule has 3 heteroatoms. The van der Waals surface area contributed by atoms with Crippen molar-refractivity contribution < 1.29 is 9.53 Å². The lowest BCUT2D eigenvalue weighted by Crippen LogP contribution is -2.53. The average molecular weight is 241 g/mol. The van der Waals surface area contributed by atoms with Crippen LogP contribution in [0.5, 0.6) is 0 Å². The zero-order chi connectivity index (χ0) is 12.7. The van der Waals surface area contributed by atoms with Crippen molar-refractivity contribution >= 4 is 5.97 Å². The summed E-state index contributed by atoms with van der Waals surface area (Å²) in [6.07, 6.45) is 6.52. The van der Waals surface area contributed by atoms with Gasteiger partial charge in [0, 0.05) is 0 Å². The number of nitrogens with one attached hydrogen (secondary N) is 1. The molecular weight excluding hydrogens is 214 g/mol. The smallest absolute Gasteiger partial charge is 0.326 e. The molecule has 0 spiro atoms. The van der Waals surface area contributed by atoms with Crippen LogP contribution in [-0.4, -0.2) is 24.7 Å². The number of unbranched alkanes of at least 4 members (excludes halogenated alkanes) is 1. The van der Waals surface area contributed by atoms with Crippen molar-refractivity contribution in [2.45, 2.75) is 64.8 Å². The number of carbonyl (C=O) groups excluding carboxylic acids is 1. The Kier molecular flexibility index (Phi) is 5.96. The summed E-state index contributed by atoms with van der Waals surface area (Å²) in [5.41, 5.74) is -0.436. The molecule has 0 aromatic rings. The van der Waals surface area contributed by atoms with Gasteiger partial charge in [-0.2, -0.15) is 0 Å². The van der Waals surface area contributed by atoms with Gasteiger partial charge in [0.05, 0.1) is 6.61 Å². The maximum Gasteiger partial charge on any atom is 0.326 e. The Balaban J connectivity index is 2.58. The largest absolute Gasteiger partial charge is 0.465 e. The van der Waals surface area contributed by atoms with E-state index in [0.717, 1.165) is 38.1 Å². The van der Waals surface area contributed by atoms with Gasteiger partial charge < -0.3 is 10.1 Å². The summed E-state index contributed by atoms with van der Waals surface area (Å²) in [5.74, 6) is 0.730. The first kappa shape index (κ1) is 14.5. The molecule has 1 aliphatic carbocycles. The van der Waals surface area contributed by atoms with Crippen molar-refractivity contribution in [3.05, 3.63) is 0 Å². The van der Waals surface area contributed by atoms with Crippen LogP contribution in [0.3, 0.4) is 0 Å². The molecule has 0 aromatic heterocycles. The third-order valence-electron chi connectivity index (χ3n) is 3.65. The molecule has 1 fully saturated rings. The third-order valence-corrected chi connectivity index (χ3v) is 3.65. The fraction of sp³-hybridized carbons (Fsp3) is 0.929. The Morgan fingerprint density at radius 2 is 2.06 bits per heavy atom. The van der Waals surface area contributed by atoms with Crippen LogP contribution in [0.4, 0.5) is 0 Å². The van der Waals surface area contributed by atoms with Gasteiger partial charge in [0.25, 0.3) is 0 Å². The predicted octanol–water partition coefficient (Wildman–Crippen LogP) is 2.89. The van der Waals surface area contributed by atoms with Crippen molar-refractivity contribution in [3.63, 3.8) is 0 Å². The lowest BCUT2D eigenvalue weighted by atomic mass is 9.89. The molecule has 1 atom stereocenters. The quantitative estimate of drug-likeness (QED) is 0.631. The van der Waals surface area contributed by atoms with Crippen LogP contribution in [-0.2, 0) is 9.53 Å². The van der Waals surface area contributed by atoms with Gasteiger partial charge in [-0.1, -0.05) is 26.7 Å². The lowest BCUT2D eigenvalue weighted by molar-refractivity contribution is -0.152. The first-order valence-corrected chi connectivity index (χ1v) is 7.10. The molecule has 1 N–H and O–H groups in total. The Morgan fingerprint density at radius 1 is 1.35 bits per heavy atom. The molecule has 0 bridgehead atoms. The van der Waals surface area contributed by atoms with Gasteiger partial charge in [-0.15, -0.1) is 0 Å². The maximum absolute atomic E-state index is 12.2. The van der Waals surface area contributed by atoms with E-state index in [1.165, 1.54) is 12.8 Å². The van der Waals surface area contributed by atoms with Crippen molar-refractivity contribution in [1.29, 1.82) is 0 Å². The van der Waals surface area contributed by atoms with Gasteiger partial charge in [0.15, 0.2) is 0 Å². The molecule has 0 saturated heterocycles. The molecule has 0 radical (unpaired) electrons. The molecule has 1 aliphatic rings. The highest BCUT2D eigenvalue weighted by molar-refractivity contribution is 5.80. The van der Waals surface area contributed by atoms with Crippen molar-refractivity contribution in [3.8, 4) is 0 Å². The summed E-state index contributed by atoms with van der Waals surface area (Å²) in [4.78, 5) is 12.2. The average Bonchev–Trinajstić information content (AvgIpc) is 3.14. The van der Waals surface area contributed by atoms with E-state index in [2.05, 4.69) is 19.2 Å². The summed E-state index contributed by atoms with van der Waals surface area (Å²) in [7, 11) is 0. The Hall–Kier alpha value is -0.570. The zero-order valence-corrected chi connectivity index (χ0v) is 11.6. The van der Waals surface area contributed by atoms with E-state index in [4.69, 9.17) is 4.74 Å². The summed E-state index contributed by atoms with van der Waals surface area (Å²) in [6.45, 7) is 7.55. The second-order valence-electron chi connectivity index (χ2n) is 5.08. The number of ether oxygens (including phenoxy) is 1. The van der Waals surface area contributed by atoms with E-state index in [1.807, 2.05) is 6.92 Å². The van der Waals surface area contributed by atoms with E-state index < -0.39 is 5.54 Å². The Labute approximate surface area is 105 Å². The van der Waals surface area contributed by atoms with Crippen molar-refractivity contribution in [2.24, 2.45) is 5.92 Å². The highest BCUT2D eigenvalue weighted by atomic mass is 16.5. The molecule has 1 saturated carbocycles. The van der Waals surface area contributed by atoms with Crippen LogP contribution in [0.15, 0.2) is 0 Å². The van der Waals surface area contributed by atoms with E-state index in [1.54, 1.807) is 0 Å². The normalized spacial score (nSPS) is 18.8. The highest BCUT2D eigenvalue weighted by Gasteiger charge is 2.38. The van der Waals surface area contributed by atoms with Crippen LogP contribution in [0.1, 0.15) is 59.3 Å². The second kappa shape index (κ2) is 7.00. The first-order valence-electron chi connectivity index (χ1n) is 7.10. The fourth-order valence-corrected chi connectivity index (χ4v) is 2.12. The van der Waals surface area contributed by atoms with Gasteiger partial charge in [-0.3, -0.25) is 4.79 Å². The fourth-order valence-electron chi connectivity index (χ4n) is 2.12. The number of rotatable bonds is 9. The standard InChI is InChI=1S/C14H27NO2/c1-4-7-10-14(5-2,13(16)17-6-3)15-11-12-8-9-12/h12,15H,4-11H2,1-3H3. The van der Waals surface area contributed by atoms with Gasteiger partial charge in [-0.25, -0.2) is 0 Å². The lowest BCUT2D eigenvalue weighted by Gasteiger charge is -2.31. The SMILES string of the molecule is CCCCC(CC)(NCC1CC1)C(=O)OCC. The summed E-state index contributed by atoms with van der Waals surface area (Å²) < 4.78 is 5.25. The molecule has 3 nitrogen and oxygen atoms in total. The van der Waals surface area contributed by atoms with Crippen LogP contribution in [0, 0.1) is 5.92 Å². The van der Waals surface area contributed by atoms with E-state index in [9.17, 15) is 4.79 Å². The molecule has 0 aromatic carbocycles. The summed E-state index contributed by atoms with van der Waals surface area (Å²) in [6, 6.07) is 0. The van der Waals surface area contributed by atoms with Gasteiger partial charge in [0.2, 0.25) is 0 Å². The number of hydrogen-bond acceptors (Lipinski definition) is 3. The molecule has 0 amide bonds. The molecular formula is C14H27NO2. The predicted molar refractivity (Wildman–Crippen MR) is 69.9 cm³/mol. The minimum absolute atomic E-state index is 0.0587. The second-order valence-corrected chi connectivity index (χ2v) is 5.08. The van der Waals surface area contributed by atoms with Gasteiger partial charge >= 0.3 is 5.97 Å². The maximum atomic E-state index is 12.2. The number of carbonyl (C=O) groups is 1. The summed E-state index contributed by atoms with van der Waals surface area (Å²) in [5, 5.41) is 3.49. The Morgan fingerprint density at radius 3 is 2.53 bits per heavy atom. The van der Waals surface area contributed by atoms with Gasteiger partial charge in [0.1, 0.15) is 5.54 Å². The van der Waals surface area contributed by atoms with Crippen molar-refractivity contribution in [2.75, 3.05) is 13.2 Å². The van der Waals surface area contributed by atoms with E-state index in [-0.39, 0.29) is 5.97 Å². The molecule has 1 unspecified atom stereocenters. The minimum Gasteiger partial charge on any atom is -0.465 e. The molecule has 0 aliphatic heterocycles. The molecule has 1 rings (SSSR count). The molecule has 0 heterocycles. The van der Waals surface area contributed by atoms with Crippen LogP contribution < -0.4 is 5.32 Å². The van der Waals surface area contributed by atoms with Crippen molar-refractivity contribution in [1.82, 2.24) is 5.32 Å². The number of esters is 1. The van der Waals surface area contributed by atoms with Crippen LogP contribution >= 0.6 is 0 Å². The molecule has 17 heavy (non-hydrogen) atoms. The monoisotopic (exact) mass is 241 g/mol. The minimum atomic E-state index is -0.436. The van der Waals surface area contributed by atoms with E-state index >= 15 is 0 Å². The van der Waals surface area contributed by atoms with Crippen LogP contribution in [0.25, 0.3) is 0 Å². The highest BCUT2D eigenvalue weighted by Crippen LogP contribution is 2.30. The molecule has 100 valence electrons.